The number of aryl methyl sites for hydroxylation is 2. The Hall–Kier alpha value is -4.01. The van der Waals surface area contributed by atoms with Gasteiger partial charge in [0, 0.05) is 38.2 Å². The van der Waals surface area contributed by atoms with E-state index in [2.05, 4.69) is 48.8 Å². The molecular formula is C20H19N9. The first-order valence-corrected chi connectivity index (χ1v) is 9.16. The fraction of sp³-hybridized carbons (Fsp3) is 0.150. The first-order valence-electron chi connectivity index (χ1n) is 9.16. The van der Waals surface area contributed by atoms with Crippen molar-refractivity contribution < 1.29 is 0 Å². The number of nitrogens with zero attached hydrogens (tertiary/aromatic N) is 8. The molecule has 4 heterocycles. The van der Waals surface area contributed by atoms with E-state index in [0.29, 0.717) is 12.5 Å². The topological polar surface area (TPSA) is 91.3 Å². The lowest BCUT2D eigenvalue weighted by atomic mass is 10.1. The van der Waals surface area contributed by atoms with Gasteiger partial charge in [-0.3, -0.25) is 9.36 Å². The Labute approximate surface area is 166 Å². The molecule has 29 heavy (non-hydrogen) atoms. The molecule has 1 N–H and O–H groups in total. The number of hydrogen-bond donors (Lipinski definition) is 1. The maximum Gasteiger partial charge on any atom is 0.229 e. The fourth-order valence-electron chi connectivity index (χ4n) is 3.25. The van der Waals surface area contributed by atoms with Gasteiger partial charge in [-0.25, -0.2) is 9.67 Å². The molecule has 0 aliphatic carbocycles. The first-order chi connectivity index (χ1) is 14.1. The van der Waals surface area contributed by atoms with E-state index in [1.807, 2.05) is 43.4 Å². The van der Waals surface area contributed by atoms with Crippen LogP contribution >= 0.6 is 0 Å². The van der Waals surface area contributed by atoms with Gasteiger partial charge in [-0.15, -0.1) is 0 Å². The van der Waals surface area contributed by atoms with Crippen LogP contribution in [0.15, 0.2) is 61.4 Å². The summed E-state index contributed by atoms with van der Waals surface area (Å²) in [5.74, 6) is 0.511. The van der Waals surface area contributed by atoms with Gasteiger partial charge in [0.25, 0.3) is 0 Å². The second-order valence-corrected chi connectivity index (χ2v) is 6.91. The van der Waals surface area contributed by atoms with Gasteiger partial charge >= 0.3 is 0 Å². The van der Waals surface area contributed by atoms with Crippen molar-refractivity contribution in [2.75, 3.05) is 5.32 Å². The molecule has 0 atom stereocenters. The van der Waals surface area contributed by atoms with Gasteiger partial charge in [0.2, 0.25) is 5.95 Å². The van der Waals surface area contributed by atoms with Crippen LogP contribution in [0.25, 0.3) is 22.2 Å². The SMILES string of the molecule is Cn1cc(Nc2ncc3cnn(Cc4cccc(-c5cnn(C)c5)c4)c3n2)cn1. The van der Waals surface area contributed by atoms with Gasteiger partial charge < -0.3 is 5.32 Å². The van der Waals surface area contributed by atoms with Gasteiger partial charge in [0.05, 0.1) is 36.2 Å². The minimum atomic E-state index is 0.511. The molecule has 5 aromatic rings. The van der Waals surface area contributed by atoms with Gasteiger partial charge in [-0.1, -0.05) is 18.2 Å². The highest BCUT2D eigenvalue weighted by molar-refractivity contribution is 5.75. The van der Waals surface area contributed by atoms with Crippen LogP contribution in [0.4, 0.5) is 11.6 Å². The van der Waals surface area contributed by atoms with Crippen molar-refractivity contribution in [2.45, 2.75) is 6.54 Å². The van der Waals surface area contributed by atoms with Gasteiger partial charge in [0.1, 0.15) is 0 Å². The third kappa shape index (κ3) is 3.45. The highest BCUT2D eigenvalue weighted by Crippen LogP contribution is 2.21. The Balaban J connectivity index is 1.44. The molecule has 9 heteroatoms. The molecule has 0 fully saturated rings. The maximum atomic E-state index is 4.65. The van der Waals surface area contributed by atoms with Gasteiger partial charge in [0.15, 0.2) is 5.65 Å². The van der Waals surface area contributed by atoms with Crippen LogP contribution in [0.2, 0.25) is 0 Å². The van der Waals surface area contributed by atoms with Crippen LogP contribution in [-0.2, 0) is 20.6 Å². The number of anilines is 2. The average molecular weight is 385 g/mol. The normalized spacial score (nSPS) is 11.2. The first kappa shape index (κ1) is 17.1. The Bertz CT molecular complexity index is 1290. The molecule has 5 rings (SSSR count). The van der Waals surface area contributed by atoms with Crippen molar-refractivity contribution in [3.05, 3.63) is 67.0 Å². The quantitative estimate of drug-likeness (QED) is 0.500. The number of aromatic nitrogens is 8. The summed E-state index contributed by atoms with van der Waals surface area (Å²) in [4.78, 5) is 9.01. The minimum absolute atomic E-state index is 0.511. The van der Waals surface area contributed by atoms with E-state index in [0.717, 1.165) is 33.4 Å². The smallest absolute Gasteiger partial charge is 0.229 e. The summed E-state index contributed by atoms with van der Waals surface area (Å²) >= 11 is 0. The Morgan fingerprint density at radius 1 is 0.897 bits per heavy atom. The highest BCUT2D eigenvalue weighted by Gasteiger charge is 2.09. The minimum Gasteiger partial charge on any atom is -0.321 e. The molecule has 0 saturated heterocycles. The Kier molecular flexibility index (Phi) is 4.05. The zero-order valence-corrected chi connectivity index (χ0v) is 16.1. The van der Waals surface area contributed by atoms with Crippen molar-refractivity contribution in [3.63, 3.8) is 0 Å². The summed E-state index contributed by atoms with van der Waals surface area (Å²) in [5.41, 5.74) is 4.96. The van der Waals surface area contributed by atoms with E-state index >= 15 is 0 Å². The maximum absolute atomic E-state index is 4.65. The zero-order chi connectivity index (χ0) is 19.8. The van der Waals surface area contributed by atoms with E-state index in [1.165, 1.54) is 0 Å². The lowest BCUT2D eigenvalue weighted by molar-refractivity contribution is 0.704. The Morgan fingerprint density at radius 3 is 2.55 bits per heavy atom. The summed E-state index contributed by atoms with van der Waals surface area (Å²) in [7, 11) is 3.78. The predicted molar refractivity (Wildman–Crippen MR) is 110 cm³/mol. The molecule has 0 saturated carbocycles. The number of hydrogen-bond acceptors (Lipinski definition) is 6. The lowest BCUT2D eigenvalue weighted by Crippen LogP contribution is -2.04. The van der Waals surface area contributed by atoms with E-state index in [9.17, 15) is 0 Å². The van der Waals surface area contributed by atoms with E-state index in [-0.39, 0.29) is 0 Å². The summed E-state index contributed by atoms with van der Waals surface area (Å²) in [6.07, 6.45) is 11.0. The number of nitrogens with one attached hydrogen (secondary N) is 1. The molecule has 0 unspecified atom stereocenters. The van der Waals surface area contributed by atoms with Gasteiger partial charge in [-0.2, -0.15) is 20.3 Å². The van der Waals surface area contributed by atoms with Gasteiger partial charge in [-0.05, 0) is 17.2 Å². The summed E-state index contributed by atoms with van der Waals surface area (Å²) in [5, 5.41) is 17.0. The lowest BCUT2D eigenvalue weighted by Gasteiger charge is -2.07. The van der Waals surface area contributed by atoms with Crippen molar-refractivity contribution in [3.8, 4) is 11.1 Å². The van der Waals surface area contributed by atoms with Crippen molar-refractivity contribution >= 4 is 22.7 Å². The fourth-order valence-corrected chi connectivity index (χ4v) is 3.25. The summed E-state index contributed by atoms with van der Waals surface area (Å²) < 4.78 is 5.41. The van der Waals surface area contributed by atoms with Crippen molar-refractivity contribution in [2.24, 2.45) is 14.1 Å². The largest absolute Gasteiger partial charge is 0.321 e. The molecule has 0 bridgehead atoms. The van der Waals surface area contributed by atoms with E-state index in [1.54, 1.807) is 28.0 Å². The van der Waals surface area contributed by atoms with E-state index in [4.69, 9.17) is 0 Å². The van der Waals surface area contributed by atoms with Crippen LogP contribution in [-0.4, -0.2) is 39.3 Å². The average Bonchev–Trinajstić information content (AvgIpc) is 3.43. The monoisotopic (exact) mass is 385 g/mol. The molecular weight excluding hydrogens is 366 g/mol. The highest BCUT2D eigenvalue weighted by atomic mass is 15.3. The van der Waals surface area contributed by atoms with E-state index < -0.39 is 0 Å². The van der Waals surface area contributed by atoms with Crippen LogP contribution in [0.1, 0.15) is 5.56 Å². The third-order valence-electron chi connectivity index (χ3n) is 4.64. The van der Waals surface area contributed by atoms with Crippen LogP contribution in [0.5, 0.6) is 0 Å². The summed E-state index contributed by atoms with van der Waals surface area (Å²) in [6.45, 7) is 0.612. The number of benzene rings is 1. The molecule has 0 aliphatic heterocycles. The molecule has 0 amide bonds. The number of fused-ring (bicyclic) bond motifs is 1. The van der Waals surface area contributed by atoms with Crippen LogP contribution in [0, 0.1) is 0 Å². The second-order valence-electron chi connectivity index (χ2n) is 6.91. The molecule has 144 valence electrons. The molecule has 0 aliphatic rings. The standard InChI is InChI=1S/C20H19N9/c1-27-12-17(9-22-27)15-5-3-4-14(6-15)11-29-19-16(8-24-29)7-21-20(26-19)25-18-10-23-28(2)13-18/h3-10,12-13H,11H2,1-2H3,(H,21,25,26). The molecule has 1 aromatic carbocycles. The van der Waals surface area contributed by atoms with Crippen molar-refractivity contribution in [1.82, 2.24) is 39.3 Å². The second kappa shape index (κ2) is 6.86. The molecule has 4 aromatic heterocycles. The summed E-state index contributed by atoms with van der Waals surface area (Å²) in [6, 6.07) is 8.37. The van der Waals surface area contributed by atoms with Crippen LogP contribution in [0.3, 0.4) is 0 Å². The van der Waals surface area contributed by atoms with Crippen LogP contribution < -0.4 is 5.32 Å². The zero-order valence-electron chi connectivity index (χ0n) is 16.1. The molecule has 9 nitrogen and oxygen atoms in total. The number of rotatable bonds is 5. The Morgan fingerprint density at radius 2 is 1.76 bits per heavy atom. The third-order valence-corrected chi connectivity index (χ3v) is 4.64. The predicted octanol–water partition coefficient (Wildman–Crippen LogP) is 2.75. The van der Waals surface area contributed by atoms with Crippen molar-refractivity contribution in [1.29, 1.82) is 0 Å². The molecule has 0 radical (unpaired) electrons. The molecule has 0 spiro atoms.